The zero-order valence-electron chi connectivity index (χ0n) is 10.5. The normalized spacial score (nSPS) is 14.4. The SMILES string of the molecule is Cc1cc(C(F)(F)F)ccc1C(N)COCC(F)(F)F. The molecule has 1 aromatic rings. The van der Waals surface area contributed by atoms with Crippen LogP contribution in [0.1, 0.15) is 22.7 Å². The standard InChI is InChI=1S/C12H13F6NO/c1-7-4-8(12(16,17)18)2-3-9(7)10(19)5-20-6-11(13,14)15/h2-4,10H,5-6,19H2,1H3. The molecule has 8 heteroatoms. The van der Waals surface area contributed by atoms with Crippen LogP contribution in [0.5, 0.6) is 0 Å². The highest BCUT2D eigenvalue weighted by Gasteiger charge is 2.31. The summed E-state index contributed by atoms with van der Waals surface area (Å²) in [4.78, 5) is 0. The van der Waals surface area contributed by atoms with Crippen molar-refractivity contribution in [3.63, 3.8) is 0 Å². The Morgan fingerprint density at radius 3 is 2.20 bits per heavy atom. The van der Waals surface area contributed by atoms with Crippen LogP contribution in [0.4, 0.5) is 26.3 Å². The van der Waals surface area contributed by atoms with Gasteiger partial charge in [-0.05, 0) is 30.2 Å². The van der Waals surface area contributed by atoms with Crippen LogP contribution < -0.4 is 5.73 Å². The second kappa shape index (κ2) is 6.01. The number of hydrogen-bond acceptors (Lipinski definition) is 2. The molecule has 0 radical (unpaired) electrons. The van der Waals surface area contributed by atoms with Crippen LogP contribution in [-0.2, 0) is 10.9 Å². The van der Waals surface area contributed by atoms with E-state index in [1.807, 2.05) is 0 Å². The highest BCUT2D eigenvalue weighted by atomic mass is 19.4. The molecular formula is C12H13F6NO. The molecule has 2 N–H and O–H groups in total. The highest BCUT2D eigenvalue weighted by molar-refractivity contribution is 5.34. The third-order valence-corrected chi connectivity index (χ3v) is 2.56. The van der Waals surface area contributed by atoms with Crippen molar-refractivity contribution in [3.05, 3.63) is 34.9 Å². The van der Waals surface area contributed by atoms with Gasteiger partial charge in [-0.1, -0.05) is 6.07 Å². The fourth-order valence-electron chi connectivity index (χ4n) is 1.66. The van der Waals surface area contributed by atoms with Gasteiger partial charge in [0.25, 0.3) is 0 Å². The van der Waals surface area contributed by atoms with Crippen LogP contribution >= 0.6 is 0 Å². The molecule has 0 aromatic heterocycles. The van der Waals surface area contributed by atoms with E-state index in [1.54, 1.807) is 0 Å². The predicted octanol–water partition coefficient (Wildman–Crippen LogP) is 3.59. The van der Waals surface area contributed by atoms with E-state index in [-0.39, 0.29) is 5.56 Å². The third-order valence-electron chi connectivity index (χ3n) is 2.56. The summed E-state index contributed by atoms with van der Waals surface area (Å²) >= 11 is 0. The molecule has 0 spiro atoms. The second-order valence-corrected chi connectivity index (χ2v) is 4.31. The number of aryl methyl sites for hydroxylation is 1. The average Bonchev–Trinajstić information content (AvgIpc) is 2.25. The smallest absolute Gasteiger partial charge is 0.370 e. The Balaban J connectivity index is 2.72. The minimum absolute atomic E-state index is 0.253. The Hall–Kier alpha value is -1.28. The Morgan fingerprint density at radius 2 is 1.75 bits per heavy atom. The fraction of sp³-hybridized carbons (Fsp3) is 0.500. The monoisotopic (exact) mass is 301 g/mol. The van der Waals surface area contributed by atoms with E-state index in [0.717, 1.165) is 18.2 Å². The number of nitrogens with two attached hydrogens (primary N) is 1. The summed E-state index contributed by atoms with van der Waals surface area (Å²) in [5.41, 5.74) is 5.35. The number of benzene rings is 1. The number of alkyl halides is 6. The van der Waals surface area contributed by atoms with E-state index in [0.29, 0.717) is 5.56 Å². The van der Waals surface area contributed by atoms with Gasteiger partial charge in [-0.15, -0.1) is 0 Å². The molecule has 1 atom stereocenters. The minimum Gasteiger partial charge on any atom is -0.370 e. The molecular weight excluding hydrogens is 288 g/mol. The van der Waals surface area contributed by atoms with Crippen molar-refractivity contribution in [2.45, 2.75) is 25.3 Å². The van der Waals surface area contributed by atoms with Gasteiger partial charge in [0.1, 0.15) is 6.61 Å². The van der Waals surface area contributed by atoms with Gasteiger partial charge < -0.3 is 10.5 Å². The lowest BCUT2D eigenvalue weighted by Gasteiger charge is -2.17. The van der Waals surface area contributed by atoms with Crippen molar-refractivity contribution < 1.29 is 31.1 Å². The first-order valence-corrected chi connectivity index (χ1v) is 5.58. The molecule has 0 saturated heterocycles. The lowest BCUT2D eigenvalue weighted by atomic mass is 9.99. The molecule has 1 aromatic carbocycles. The quantitative estimate of drug-likeness (QED) is 0.863. The maximum absolute atomic E-state index is 12.5. The van der Waals surface area contributed by atoms with Crippen molar-refractivity contribution in [2.24, 2.45) is 5.73 Å². The molecule has 114 valence electrons. The van der Waals surface area contributed by atoms with Crippen molar-refractivity contribution in [1.29, 1.82) is 0 Å². The maximum Gasteiger partial charge on any atom is 0.416 e. The Kier molecular flexibility index (Phi) is 5.04. The molecule has 1 unspecified atom stereocenters. The molecule has 1 rings (SSSR count). The van der Waals surface area contributed by atoms with E-state index in [9.17, 15) is 26.3 Å². The summed E-state index contributed by atoms with van der Waals surface area (Å²) in [6.07, 6.45) is -8.94. The zero-order chi connectivity index (χ0) is 15.6. The third kappa shape index (κ3) is 5.01. The van der Waals surface area contributed by atoms with E-state index < -0.39 is 37.2 Å². The summed E-state index contributed by atoms with van der Waals surface area (Å²) in [6, 6.07) is 1.98. The lowest BCUT2D eigenvalue weighted by Crippen LogP contribution is -2.23. The average molecular weight is 301 g/mol. The first-order chi connectivity index (χ1) is 9.00. The maximum atomic E-state index is 12.5. The van der Waals surface area contributed by atoms with Gasteiger partial charge in [0.2, 0.25) is 0 Å². The van der Waals surface area contributed by atoms with E-state index >= 15 is 0 Å². The van der Waals surface area contributed by atoms with Gasteiger partial charge in [0.15, 0.2) is 0 Å². The highest BCUT2D eigenvalue weighted by Crippen LogP contribution is 2.31. The predicted molar refractivity (Wildman–Crippen MR) is 60.0 cm³/mol. The van der Waals surface area contributed by atoms with Crippen LogP contribution in [0.15, 0.2) is 18.2 Å². The topological polar surface area (TPSA) is 35.2 Å². The minimum atomic E-state index is -4.47. The molecule has 20 heavy (non-hydrogen) atoms. The Labute approximate surface area is 111 Å². The molecule has 0 heterocycles. The molecule has 0 fully saturated rings. The molecule has 0 aliphatic rings. The molecule has 0 bridgehead atoms. The van der Waals surface area contributed by atoms with E-state index in [1.165, 1.54) is 6.92 Å². The number of halogens is 6. The molecule has 0 aliphatic heterocycles. The first kappa shape index (κ1) is 16.8. The molecule has 0 saturated carbocycles. The van der Waals surface area contributed by atoms with Crippen molar-refractivity contribution in [2.75, 3.05) is 13.2 Å². The molecule has 0 amide bonds. The number of ether oxygens (including phenoxy) is 1. The Morgan fingerprint density at radius 1 is 1.15 bits per heavy atom. The van der Waals surface area contributed by atoms with Gasteiger partial charge in [0, 0.05) is 0 Å². The van der Waals surface area contributed by atoms with Crippen molar-refractivity contribution in [3.8, 4) is 0 Å². The van der Waals surface area contributed by atoms with Gasteiger partial charge in [-0.25, -0.2) is 0 Å². The summed E-state index contributed by atoms with van der Waals surface area (Å²) in [5, 5.41) is 0. The van der Waals surface area contributed by atoms with E-state index in [2.05, 4.69) is 4.74 Å². The largest absolute Gasteiger partial charge is 0.416 e. The summed E-state index contributed by atoms with van der Waals surface area (Å²) in [6.45, 7) is -0.458. The molecule has 0 aliphatic carbocycles. The van der Waals surface area contributed by atoms with Crippen LogP contribution in [0.2, 0.25) is 0 Å². The lowest BCUT2D eigenvalue weighted by molar-refractivity contribution is -0.174. The van der Waals surface area contributed by atoms with Gasteiger partial charge in [-0.3, -0.25) is 0 Å². The Bertz CT molecular complexity index is 454. The van der Waals surface area contributed by atoms with Crippen molar-refractivity contribution in [1.82, 2.24) is 0 Å². The summed E-state index contributed by atoms with van der Waals surface area (Å²) in [7, 11) is 0. The molecule has 2 nitrogen and oxygen atoms in total. The first-order valence-electron chi connectivity index (χ1n) is 5.58. The number of rotatable bonds is 4. The number of hydrogen-bond donors (Lipinski definition) is 1. The van der Waals surface area contributed by atoms with Crippen LogP contribution in [0, 0.1) is 6.92 Å². The summed E-state index contributed by atoms with van der Waals surface area (Å²) < 4.78 is 77.4. The fourth-order valence-corrected chi connectivity index (χ4v) is 1.66. The summed E-state index contributed by atoms with van der Waals surface area (Å²) in [5.74, 6) is 0. The van der Waals surface area contributed by atoms with Gasteiger partial charge in [-0.2, -0.15) is 26.3 Å². The van der Waals surface area contributed by atoms with Gasteiger partial charge >= 0.3 is 12.4 Å². The van der Waals surface area contributed by atoms with Gasteiger partial charge in [0.05, 0.1) is 18.2 Å². The van der Waals surface area contributed by atoms with Crippen LogP contribution in [0.3, 0.4) is 0 Å². The second-order valence-electron chi connectivity index (χ2n) is 4.31. The van der Waals surface area contributed by atoms with Crippen LogP contribution in [-0.4, -0.2) is 19.4 Å². The van der Waals surface area contributed by atoms with E-state index in [4.69, 9.17) is 5.73 Å². The zero-order valence-corrected chi connectivity index (χ0v) is 10.5. The van der Waals surface area contributed by atoms with Crippen molar-refractivity contribution >= 4 is 0 Å². The van der Waals surface area contributed by atoms with Crippen LogP contribution in [0.25, 0.3) is 0 Å².